The van der Waals surface area contributed by atoms with Crippen LogP contribution in [0, 0.1) is 0 Å². The zero-order chi connectivity index (χ0) is 19.3. The van der Waals surface area contributed by atoms with E-state index in [1.54, 1.807) is 0 Å². The van der Waals surface area contributed by atoms with Crippen LogP contribution in [0.3, 0.4) is 0 Å². The lowest BCUT2D eigenvalue weighted by Gasteiger charge is -2.43. The first kappa shape index (κ1) is 19.4. The highest BCUT2D eigenvalue weighted by atomic mass is 16.5. The van der Waals surface area contributed by atoms with Gasteiger partial charge in [-0.3, -0.25) is 4.79 Å². The molecule has 1 aliphatic rings. The van der Waals surface area contributed by atoms with E-state index in [-0.39, 0.29) is 11.5 Å². The van der Waals surface area contributed by atoms with Crippen LogP contribution in [0.4, 0.5) is 5.69 Å². The molecular weight excluding hydrogens is 336 g/mol. The zero-order valence-corrected chi connectivity index (χ0v) is 16.6. The van der Waals surface area contributed by atoms with Crippen molar-refractivity contribution in [1.29, 1.82) is 0 Å². The number of ether oxygens (including phenoxy) is 1. The minimum Gasteiger partial charge on any atom is -0.482 e. The summed E-state index contributed by atoms with van der Waals surface area (Å²) in [5.41, 5.74) is 1.73. The Morgan fingerprint density at radius 3 is 2.26 bits per heavy atom. The summed E-state index contributed by atoms with van der Waals surface area (Å²) in [4.78, 5) is 14.1. The van der Waals surface area contributed by atoms with Gasteiger partial charge in [-0.05, 0) is 43.7 Å². The summed E-state index contributed by atoms with van der Waals surface area (Å²) >= 11 is 0. The van der Waals surface area contributed by atoms with Gasteiger partial charge in [-0.15, -0.1) is 0 Å². The van der Waals surface area contributed by atoms with Gasteiger partial charge in [-0.2, -0.15) is 0 Å². The van der Waals surface area contributed by atoms with Gasteiger partial charge in [0.25, 0.3) is 0 Å². The van der Waals surface area contributed by atoms with Crippen molar-refractivity contribution in [2.24, 2.45) is 0 Å². The van der Waals surface area contributed by atoms with Crippen molar-refractivity contribution in [2.75, 3.05) is 18.4 Å². The highest BCUT2D eigenvalue weighted by molar-refractivity contribution is 5.90. The number of hydrogen-bond acceptors (Lipinski definition) is 3. The molecule has 1 saturated heterocycles. The van der Waals surface area contributed by atoms with Crippen LogP contribution in [-0.4, -0.2) is 29.9 Å². The Bertz CT molecular complexity index is 733. The molecule has 0 aliphatic carbocycles. The molecule has 2 aromatic carbocycles. The van der Waals surface area contributed by atoms with Crippen molar-refractivity contribution in [2.45, 2.75) is 51.7 Å². The SMILES string of the molecule is CCC(=O)Nc1ccc(OC2(c3ccccc3)CCN(C(C)C)CC2)cc1. The van der Waals surface area contributed by atoms with E-state index in [0.29, 0.717) is 12.5 Å². The van der Waals surface area contributed by atoms with Crippen molar-refractivity contribution in [3.05, 3.63) is 60.2 Å². The molecule has 0 atom stereocenters. The van der Waals surface area contributed by atoms with E-state index in [2.05, 4.69) is 48.3 Å². The van der Waals surface area contributed by atoms with Crippen LogP contribution in [0.15, 0.2) is 54.6 Å². The number of carbonyl (C=O) groups excluding carboxylic acids is 1. The van der Waals surface area contributed by atoms with E-state index >= 15 is 0 Å². The quantitative estimate of drug-likeness (QED) is 0.797. The van der Waals surface area contributed by atoms with Crippen LogP contribution < -0.4 is 10.1 Å². The molecule has 1 heterocycles. The first-order chi connectivity index (χ1) is 13.0. The molecule has 0 spiro atoms. The summed E-state index contributed by atoms with van der Waals surface area (Å²) in [5, 5.41) is 2.88. The molecule has 4 heteroatoms. The predicted octanol–water partition coefficient (Wildman–Crippen LogP) is 4.81. The number of likely N-dealkylation sites (tertiary alicyclic amines) is 1. The maximum absolute atomic E-state index is 11.6. The van der Waals surface area contributed by atoms with Gasteiger partial charge in [0.2, 0.25) is 5.91 Å². The second kappa shape index (κ2) is 8.57. The third-order valence-corrected chi connectivity index (χ3v) is 5.41. The average molecular weight is 367 g/mol. The van der Waals surface area contributed by atoms with Gasteiger partial charge in [0, 0.05) is 44.1 Å². The predicted molar refractivity (Wildman–Crippen MR) is 110 cm³/mol. The molecule has 0 unspecified atom stereocenters. The number of benzene rings is 2. The number of piperidine rings is 1. The van der Waals surface area contributed by atoms with Gasteiger partial charge < -0.3 is 15.0 Å². The van der Waals surface area contributed by atoms with Crippen LogP contribution >= 0.6 is 0 Å². The number of amides is 1. The van der Waals surface area contributed by atoms with Gasteiger partial charge in [-0.25, -0.2) is 0 Å². The number of hydrogen-bond donors (Lipinski definition) is 1. The molecule has 1 fully saturated rings. The molecule has 0 aromatic heterocycles. The Balaban J connectivity index is 1.79. The highest BCUT2D eigenvalue weighted by Gasteiger charge is 2.38. The molecule has 1 aliphatic heterocycles. The van der Waals surface area contributed by atoms with Crippen molar-refractivity contribution < 1.29 is 9.53 Å². The Hall–Kier alpha value is -2.33. The first-order valence-electron chi connectivity index (χ1n) is 9.91. The summed E-state index contributed by atoms with van der Waals surface area (Å²) in [6.07, 6.45) is 2.40. The van der Waals surface area contributed by atoms with E-state index < -0.39 is 0 Å². The van der Waals surface area contributed by atoms with Crippen molar-refractivity contribution >= 4 is 11.6 Å². The second-order valence-electron chi connectivity index (χ2n) is 7.52. The number of carbonyl (C=O) groups is 1. The Morgan fingerprint density at radius 2 is 1.70 bits per heavy atom. The van der Waals surface area contributed by atoms with Crippen molar-refractivity contribution in [3.63, 3.8) is 0 Å². The molecule has 0 saturated carbocycles. The van der Waals surface area contributed by atoms with E-state index in [9.17, 15) is 4.79 Å². The lowest BCUT2D eigenvalue weighted by Crippen LogP contribution is -2.48. The molecule has 27 heavy (non-hydrogen) atoms. The van der Waals surface area contributed by atoms with Crippen molar-refractivity contribution in [3.8, 4) is 5.75 Å². The zero-order valence-electron chi connectivity index (χ0n) is 16.6. The lowest BCUT2D eigenvalue weighted by molar-refractivity contribution is -0.115. The minimum atomic E-state index is -0.305. The van der Waals surface area contributed by atoms with E-state index in [0.717, 1.165) is 37.4 Å². The smallest absolute Gasteiger partial charge is 0.224 e. The number of anilines is 1. The standard InChI is InChI=1S/C23H30N2O2/c1-4-22(26)24-20-10-12-21(13-11-20)27-23(19-8-6-5-7-9-19)14-16-25(17-15-23)18(2)3/h5-13,18H,4,14-17H2,1-3H3,(H,24,26). The largest absolute Gasteiger partial charge is 0.482 e. The van der Waals surface area contributed by atoms with E-state index in [1.807, 2.05) is 37.3 Å². The van der Waals surface area contributed by atoms with Gasteiger partial charge in [-0.1, -0.05) is 37.3 Å². The van der Waals surface area contributed by atoms with Gasteiger partial charge in [0.15, 0.2) is 0 Å². The number of rotatable bonds is 6. The molecular formula is C23H30N2O2. The van der Waals surface area contributed by atoms with Gasteiger partial charge in [0.05, 0.1) is 0 Å². The van der Waals surface area contributed by atoms with Gasteiger partial charge in [0.1, 0.15) is 11.4 Å². The highest BCUT2D eigenvalue weighted by Crippen LogP contribution is 2.38. The Labute approximate surface area is 162 Å². The fourth-order valence-corrected chi connectivity index (χ4v) is 3.67. The molecule has 1 N–H and O–H groups in total. The lowest BCUT2D eigenvalue weighted by atomic mass is 9.83. The van der Waals surface area contributed by atoms with Crippen LogP contribution in [0.5, 0.6) is 5.75 Å². The second-order valence-corrected chi connectivity index (χ2v) is 7.52. The molecule has 2 aromatic rings. The fraction of sp³-hybridized carbons (Fsp3) is 0.435. The molecule has 4 nitrogen and oxygen atoms in total. The molecule has 144 valence electrons. The summed E-state index contributed by atoms with van der Waals surface area (Å²) < 4.78 is 6.60. The fourth-order valence-electron chi connectivity index (χ4n) is 3.67. The summed E-state index contributed by atoms with van der Waals surface area (Å²) in [7, 11) is 0. The third-order valence-electron chi connectivity index (χ3n) is 5.41. The molecule has 0 radical (unpaired) electrons. The molecule has 1 amide bonds. The first-order valence-corrected chi connectivity index (χ1v) is 9.91. The number of nitrogens with one attached hydrogen (secondary N) is 1. The Kier molecular flexibility index (Phi) is 6.17. The molecule has 0 bridgehead atoms. The normalized spacial score (nSPS) is 16.9. The summed E-state index contributed by atoms with van der Waals surface area (Å²) in [5.74, 6) is 0.858. The minimum absolute atomic E-state index is 0.0190. The van der Waals surface area contributed by atoms with Crippen molar-refractivity contribution in [1.82, 2.24) is 4.90 Å². The van der Waals surface area contributed by atoms with Crippen LogP contribution in [0.1, 0.15) is 45.6 Å². The third kappa shape index (κ3) is 4.69. The summed E-state index contributed by atoms with van der Waals surface area (Å²) in [6.45, 7) is 8.40. The molecule has 3 rings (SSSR count). The average Bonchev–Trinajstić information content (AvgIpc) is 2.70. The number of nitrogens with zero attached hydrogens (tertiary/aromatic N) is 1. The van der Waals surface area contributed by atoms with Crippen LogP contribution in [-0.2, 0) is 10.4 Å². The van der Waals surface area contributed by atoms with Gasteiger partial charge >= 0.3 is 0 Å². The topological polar surface area (TPSA) is 41.6 Å². The van der Waals surface area contributed by atoms with E-state index in [1.165, 1.54) is 5.56 Å². The maximum Gasteiger partial charge on any atom is 0.224 e. The van der Waals surface area contributed by atoms with Crippen LogP contribution in [0.2, 0.25) is 0 Å². The Morgan fingerprint density at radius 1 is 1.07 bits per heavy atom. The summed E-state index contributed by atoms with van der Waals surface area (Å²) in [6, 6.07) is 18.8. The van der Waals surface area contributed by atoms with E-state index in [4.69, 9.17) is 4.74 Å². The maximum atomic E-state index is 11.6. The van der Waals surface area contributed by atoms with Crippen LogP contribution in [0.25, 0.3) is 0 Å². The monoisotopic (exact) mass is 366 g/mol.